The first kappa shape index (κ1) is 24.3. The van der Waals surface area contributed by atoms with Crippen LogP contribution in [0.5, 0.6) is 17.2 Å². The second-order valence-electron chi connectivity index (χ2n) is 8.61. The summed E-state index contributed by atoms with van der Waals surface area (Å²) in [4.78, 5) is 27.3. The van der Waals surface area contributed by atoms with Gasteiger partial charge in [-0.1, -0.05) is 36.4 Å². The van der Waals surface area contributed by atoms with Crippen LogP contribution in [0.3, 0.4) is 0 Å². The van der Waals surface area contributed by atoms with Crippen LogP contribution in [0.25, 0.3) is 0 Å². The van der Waals surface area contributed by atoms with Crippen LogP contribution in [0.15, 0.2) is 66.7 Å². The molecular formula is C28H29NO6. The number of carbonyl (C=O) groups excluding carboxylic acids is 2. The Morgan fingerprint density at radius 1 is 1.00 bits per heavy atom. The van der Waals surface area contributed by atoms with Crippen molar-refractivity contribution in [2.24, 2.45) is 0 Å². The normalized spacial score (nSPS) is 13.0. The van der Waals surface area contributed by atoms with E-state index in [1.807, 2.05) is 48.5 Å². The highest BCUT2D eigenvalue weighted by atomic mass is 16.7. The lowest BCUT2D eigenvalue weighted by Crippen LogP contribution is -2.37. The Kier molecular flexibility index (Phi) is 7.67. The fourth-order valence-corrected chi connectivity index (χ4v) is 4.10. The summed E-state index contributed by atoms with van der Waals surface area (Å²) in [6, 6.07) is 20.4. The number of fused-ring (bicyclic) bond motifs is 1. The van der Waals surface area contributed by atoms with Crippen molar-refractivity contribution in [3.63, 3.8) is 0 Å². The molecule has 1 aliphatic heterocycles. The number of phenolic OH excluding ortho intramolecular Hbond substituents is 1. The Morgan fingerprint density at radius 3 is 2.54 bits per heavy atom. The number of hydrogen-bond acceptors (Lipinski definition) is 7. The number of ether oxygens (including phenoxy) is 3. The average Bonchev–Trinajstić information content (AvgIpc) is 3.35. The average molecular weight is 476 g/mol. The van der Waals surface area contributed by atoms with Crippen LogP contribution in [-0.2, 0) is 17.7 Å². The third-order valence-corrected chi connectivity index (χ3v) is 6.21. The highest BCUT2D eigenvalue weighted by molar-refractivity contribution is 6.01. The second-order valence-corrected chi connectivity index (χ2v) is 8.61. The molecule has 0 saturated heterocycles. The molecule has 0 bridgehead atoms. The molecule has 3 aromatic rings. The van der Waals surface area contributed by atoms with E-state index in [0.717, 1.165) is 35.5 Å². The quantitative estimate of drug-likeness (QED) is 0.338. The molecule has 0 saturated carbocycles. The Bertz CT molecular complexity index is 1190. The first-order chi connectivity index (χ1) is 16.9. The Labute approximate surface area is 204 Å². The molecular weight excluding hydrogens is 446 g/mol. The highest BCUT2D eigenvalue weighted by Gasteiger charge is 2.21. The van der Waals surface area contributed by atoms with Gasteiger partial charge < -0.3 is 19.3 Å². The minimum absolute atomic E-state index is 0.0242. The van der Waals surface area contributed by atoms with Crippen molar-refractivity contribution >= 4 is 11.8 Å². The van der Waals surface area contributed by atoms with Gasteiger partial charge in [-0.3, -0.25) is 9.69 Å². The van der Waals surface area contributed by atoms with Crippen LogP contribution in [0.4, 0.5) is 0 Å². The second kappa shape index (κ2) is 11.1. The van der Waals surface area contributed by atoms with Gasteiger partial charge in [-0.2, -0.15) is 0 Å². The topological polar surface area (TPSA) is 85.3 Å². The summed E-state index contributed by atoms with van der Waals surface area (Å²) in [5.41, 5.74) is 2.58. The summed E-state index contributed by atoms with van der Waals surface area (Å²) in [6.07, 6.45) is 1.66. The molecule has 0 amide bonds. The Morgan fingerprint density at radius 2 is 1.77 bits per heavy atom. The number of aromatic hydroxyl groups is 1. The summed E-state index contributed by atoms with van der Waals surface area (Å²) in [5, 5.41) is 9.98. The summed E-state index contributed by atoms with van der Waals surface area (Å²) >= 11 is 0. The molecule has 35 heavy (non-hydrogen) atoms. The predicted octanol–water partition coefficient (Wildman–Crippen LogP) is 4.61. The van der Waals surface area contributed by atoms with Gasteiger partial charge in [-0.05, 0) is 61.2 Å². The van der Waals surface area contributed by atoms with E-state index >= 15 is 0 Å². The lowest BCUT2D eigenvalue weighted by Gasteiger charge is -2.29. The molecule has 1 atom stereocenters. The lowest BCUT2D eigenvalue weighted by molar-refractivity contribution is 0.0597. The van der Waals surface area contributed by atoms with E-state index in [0.29, 0.717) is 12.1 Å². The molecule has 7 nitrogen and oxygen atoms in total. The maximum atomic E-state index is 13.2. The molecule has 3 aromatic carbocycles. The van der Waals surface area contributed by atoms with Gasteiger partial charge >= 0.3 is 5.97 Å². The number of methoxy groups -OCH3 is 1. The van der Waals surface area contributed by atoms with Crippen molar-refractivity contribution < 1.29 is 28.9 Å². The van der Waals surface area contributed by atoms with Crippen molar-refractivity contribution in [3.05, 3.63) is 89.0 Å². The first-order valence-electron chi connectivity index (χ1n) is 11.6. The largest absolute Gasteiger partial charge is 0.507 e. The minimum atomic E-state index is -0.685. The number of ketones is 1. The number of benzene rings is 3. The zero-order chi connectivity index (χ0) is 24.8. The molecule has 182 valence electrons. The predicted molar refractivity (Wildman–Crippen MR) is 131 cm³/mol. The number of Topliss-reactive ketones (excluding diaryl/α,β-unsaturated/α-hetero) is 1. The van der Waals surface area contributed by atoms with E-state index in [-0.39, 0.29) is 36.5 Å². The van der Waals surface area contributed by atoms with Gasteiger partial charge in [0.25, 0.3) is 0 Å². The van der Waals surface area contributed by atoms with Gasteiger partial charge in [0.05, 0.1) is 13.7 Å². The van der Waals surface area contributed by atoms with Crippen molar-refractivity contribution in [2.75, 3.05) is 20.4 Å². The van der Waals surface area contributed by atoms with Gasteiger partial charge in [0, 0.05) is 18.2 Å². The molecule has 0 aliphatic carbocycles. The molecule has 0 fully saturated rings. The van der Waals surface area contributed by atoms with E-state index in [1.165, 1.54) is 25.3 Å². The van der Waals surface area contributed by atoms with Gasteiger partial charge in [0.1, 0.15) is 11.3 Å². The smallest absolute Gasteiger partial charge is 0.341 e. The summed E-state index contributed by atoms with van der Waals surface area (Å²) in [6.45, 7) is 3.14. The van der Waals surface area contributed by atoms with Crippen molar-refractivity contribution in [2.45, 2.75) is 32.4 Å². The van der Waals surface area contributed by atoms with E-state index in [2.05, 4.69) is 11.8 Å². The number of phenols is 1. The number of rotatable bonds is 10. The SMILES string of the molecule is COC(=O)c1cc(C(=O)CN(Cc2ccccc2)C(C)CCc2ccc3c(c2)OCO3)ccc1O. The standard InChI is InChI=1S/C28H29NO6/c1-19(8-9-20-10-13-26-27(14-20)35-18-34-26)29(16-21-6-4-3-5-7-21)17-25(31)22-11-12-24(30)23(15-22)28(32)33-2/h3-7,10-15,19,30H,8-9,16-18H2,1-2H3. The van der Waals surface area contributed by atoms with Crippen LogP contribution in [0, 0.1) is 0 Å². The maximum absolute atomic E-state index is 13.2. The van der Waals surface area contributed by atoms with E-state index in [4.69, 9.17) is 14.2 Å². The van der Waals surface area contributed by atoms with Crippen molar-refractivity contribution in [1.82, 2.24) is 4.90 Å². The molecule has 0 aromatic heterocycles. The van der Waals surface area contributed by atoms with Gasteiger partial charge in [-0.15, -0.1) is 0 Å². The highest BCUT2D eigenvalue weighted by Crippen LogP contribution is 2.33. The minimum Gasteiger partial charge on any atom is -0.507 e. The van der Waals surface area contributed by atoms with Crippen LogP contribution < -0.4 is 9.47 Å². The van der Waals surface area contributed by atoms with Crippen molar-refractivity contribution in [3.8, 4) is 17.2 Å². The van der Waals surface area contributed by atoms with Gasteiger partial charge in [0.2, 0.25) is 6.79 Å². The fraction of sp³-hybridized carbons (Fsp3) is 0.286. The molecule has 1 N–H and O–H groups in total. The van der Waals surface area contributed by atoms with Crippen LogP contribution >= 0.6 is 0 Å². The fourth-order valence-electron chi connectivity index (χ4n) is 4.10. The van der Waals surface area contributed by atoms with Crippen LogP contribution in [0.1, 0.15) is 45.2 Å². The molecule has 0 radical (unpaired) electrons. The zero-order valence-corrected chi connectivity index (χ0v) is 19.9. The number of nitrogens with zero attached hydrogens (tertiary/aromatic N) is 1. The first-order valence-corrected chi connectivity index (χ1v) is 11.6. The molecule has 1 heterocycles. The number of hydrogen-bond donors (Lipinski definition) is 1. The summed E-state index contributed by atoms with van der Waals surface area (Å²) in [5.74, 6) is 0.488. The van der Waals surface area contributed by atoms with E-state index in [9.17, 15) is 14.7 Å². The summed E-state index contributed by atoms with van der Waals surface area (Å²) < 4.78 is 15.6. The van der Waals surface area contributed by atoms with Crippen LogP contribution in [0.2, 0.25) is 0 Å². The third kappa shape index (κ3) is 6.00. The Balaban J connectivity index is 1.49. The van der Waals surface area contributed by atoms with Crippen LogP contribution in [-0.4, -0.2) is 48.2 Å². The molecule has 1 aliphatic rings. The molecule has 1 unspecified atom stereocenters. The van der Waals surface area contributed by atoms with E-state index < -0.39 is 5.97 Å². The number of carbonyl (C=O) groups is 2. The monoisotopic (exact) mass is 475 g/mol. The Hall–Kier alpha value is -3.84. The van der Waals surface area contributed by atoms with Gasteiger partial charge in [-0.25, -0.2) is 4.79 Å². The van der Waals surface area contributed by atoms with E-state index in [1.54, 1.807) is 0 Å². The third-order valence-electron chi connectivity index (χ3n) is 6.21. The van der Waals surface area contributed by atoms with Crippen molar-refractivity contribution in [1.29, 1.82) is 0 Å². The molecule has 7 heteroatoms. The zero-order valence-electron chi connectivity index (χ0n) is 19.9. The summed E-state index contributed by atoms with van der Waals surface area (Å²) in [7, 11) is 1.24. The molecule has 4 rings (SSSR count). The lowest BCUT2D eigenvalue weighted by atomic mass is 10.0. The van der Waals surface area contributed by atoms with Gasteiger partial charge in [0.15, 0.2) is 17.3 Å². The number of aryl methyl sites for hydroxylation is 1. The molecule has 0 spiro atoms. The maximum Gasteiger partial charge on any atom is 0.341 e. The number of esters is 1.